The molecule has 0 atom stereocenters. The molecule has 0 spiro atoms. The number of rotatable bonds is 2. The second-order valence-electron chi connectivity index (χ2n) is 5.66. The van der Waals surface area contributed by atoms with Crippen LogP contribution in [0, 0.1) is 0 Å². The molecule has 0 aromatic rings. The van der Waals surface area contributed by atoms with Crippen molar-refractivity contribution in [3.63, 3.8) is 0 Å². The third-order valence-corrected chi connectivity index (χ3v) is 2.85. The Hall–Kier alpha value is -1.54. The van der Waals surface area contributed by atoms with Gasteiger partial charge in [-0.2, -0.15) is 0 Å². The van der Waals surface area contributed by atoms with E-state index < -0.39 is 5.60 Å². The van der Waals surface area contributed by atoms with E-state index in [0.717, 1.165) is 25.5 Å². The Morgan fingerprint density at radius 1 is 1.32 bits per heavy atom. The van der Waals surface area contributed by atoms with Crippen LogP contribution in [-0.2, 0) is 4.74 Å². The molecule has 2 rings (SSSR count). The standard InChI is InChI=1S/C11H22N6O2/c1-11(2,3)19-10(18)17-6-4-16(5-7-17)8-9-12-14-15-13-9/h14-15H,4-8H2,1-3H3,(H,12,13). The molecule has 0 aromatic heterocycles. The summed E-state index contributed by atoms with van der Waals surface area (Å²) < 4.78 is 5.36. The molecule has 1 fully saturated rings. The van der Waals surface area contributed by atoms with E-state index in [0.29, 0.717) is 13.1 Å². The van der Waals surface area contributed by atoms with Crippen LogP contribution >= 0.6 is 0 Å². The molecule has 0 unspecified atom stereocenters. The van der Waals surface area contributed by atoms with Gasteiger partial charge in [-0.25, -0.2) is 10.3 Å². The molecule has 0 aliphatic carbocycles. The van der Waals surface area contributed by atoms with E-state index in [1.807, 2.05) is 20.8 Å². The quantitative estimate of drug-likeness (QED) is 0.625. The fourth-order valence-electron chi connectivity index (χ4n) is 1.93. The average Bonchev–Trinajstić information content (AvgIpc) is 2.80. The maximum absolute atomic E-state index is 11.9. The lowest BCUT2D eigenvalue weighted by Gasteiger charge is -2.35. The minimum absolute atomic E-state index is 0.230. The van der Waals surface area contributed by atoms with Crippen LogP contribution in [0.2, 0.25) is 0 Å². The average molecular weight is 270 g/mol. The molecular formula is C11H22N6O2. The number of carbonyl (C=O) groups excluding carboxylic acids is 1. The molecular weight excluding hydrogens is 248 g/mol. The van der Waals surface area contributed by atoms with Gasteiger partial charge in [0.2, 0.25) is 0 Å². The smallest absolute Gasteiger partial charge is 0.410 e. The third-order valence-electron chi connectivity index (χ3n) is 2.85. The van der Waals surface area contributed by atoms with Gasteiger partial charge >= 0.3 is 6.09 Å². The van der Waals surface area contributed by atoms with Gasteiger partial charge < -0.3 is 9.64 Å². The van der Waals surface area contributed by atoms with E-state index in [9.17, 15) is 4.79 Å². The van der Waals surface area contributed by atoms with Crippen molar-refractivity contribution in [3.05, 3.63) is 0 Å². The maximum atomic E-state index is 11.9. The summed E-state index contributed by atoms with van der Waals surface area (Å²) in [7, 11) is 0. The van der Waals surface area contributed by atoms with Gasteiger partial charge in [0.25, 0.3) is 0 Å². The van der Waals surface area contributed by atoms with E-state index in [-0.39, 0.29) is 6.09 Å². The number of hydrazone groups is 1. The number of hydrazine groups is 2. The first-order valence-electron chi connectivity index (χ1n) is 6.47. The first-order chi connectivity index (χ1) is 8.94. The van der Waals surface area contributed by atoms with Gasteiger partial charge in [-0.1, -0.05) is 0 Å². The van der Waals surface area contributed by atoms with Gasteiger partial charge in [-0.15, -0.1) is 10.6 Å². The Kier molecular flexibility index (Phi) is 4.11. The van der Waals surface area contributed by atoms with E-state index in [4.69, 9.17) is 4.74 Å². The molecule has 0 aromatic carbocycles. The lowest BCUT2D eigenvalue weighted by molar-refractivity contribution is 0.0156. The predicted molar refractivity (Wildman–Crippen MR) is 71.1 cm³/mol. The Bertz CT molecular complexity index is 357. The molecule has 8 heteroatoms. The number of carbonyl (C=O) groups is 1. The third kappa shape index (κ3) is 4.25. The summed E-state index contributed by atoms with van der Waals surface area (Å²) in [6.07, 6.45) is -0.230. The fraction of sp³-hybridized carbons (Fsp3) is 0.818. The number of hydrogen-bond acceptors (Lipinski definition) is 7. The lowest BCUT2D eigenvalue weighted by atomic mass is 10.2. The first kappa shape index (κ1) is 13.9. The van der Waals surface area contributed by atoms with Crippen LogP contribution in [0.5, 0.6) is 0 Å². The van der Waals surface area contributed by atoms with Gasteiger partial charge in [-0.3, -0.25) is 10.3 Å². The summed E-state index contributed by atoms with van der Waals surface area (Å²) >= 11 is 0. The van der Waals surface area contributed by atoms with E-state index in [2.05, 4.69) is 26.5 Å². The second kappa shape index (κ2) is 5.62. The van der Waals surface area contributed by atoms with Crippen molar-refractivity contribution < 1.29 is 9.53 Å². The first-order valence-corrected chi connectivity index (χ1v) is 6.47. The Labute approximate surface area is 113 Å². The van der Waals surface area contributed by atoms with Crippen molar-refractivity contribution in [1.82, 2.24) is 26.3 Å². The molecule has 0 saturated carbocycles. The zero-order valence-corrected chi connectivity index (χ0v) is 11.7. The van der Waals surface area contributed by atoms with Crippen LogP contribution in [0.15, 0.2) is 5.10 Å². The van der Waals surface area contributed by atoms with Crippen molar-refractivity contribution in [2.24, 2.45) is 5.10 Å². The summed E-state index contributed by atoms with van der Waals surface area (Å²) in [6.45, 7) is 9.38. The van der Waals surface area contributed by atoms with Crippen LogP contribution in [0.4, 0.5) is 4.79 Å². The highest BCUT2D eigenvalue weighted by molar-refractivity contribution is 5.84. The van der Waals surface area contributed by atoms with Crippen molar-refractivity contribution in [2.45, 2.75) is 26.4 Å². The lowest BCUT2D eigenvalue weighted by Crippen LogP contribution is -2.52. The Morgan fingerprint density at radius 3 is 2.53 bits per heavy atom. The van der Waals surface area contributed by atoms with Crippen LogP contribution in [0.1, 0.15) is 20.8 Å². The molecule has 1 amide bonds. The van der Waals surface area contributed by atoms with Gasteiger partial charge in [0, 0.05) is 26.2 Å². The van der Waals surface area contributed by atoms with Crippen molar-refractivity contribution in [1.29, 1.82) is 0 Å². The Morgan fingerprint density at radius 2 is 2.00 bits per heavy atom. The minimum atomic E-state index is -0.436. The van der Waals surface area contributed by atoms with Gasteiger partial charge in [-0.05, 0) is 20.8 Å². The zero-order valence-electron chi connectivity index (χ0n) is 11.7. The summed E-state index contributed by atoms with van der Waals surface area (Å²) in [5.41, 5.74) is 7.80. The van der Waals surface area contributed by atoms with E-state index in [1.54, 1.807) is 4.90 Å². The number of amides is 1. The monoisotopic (exact) mass is 270 g/mol. The van der Waals surface area contributed by atoms with E-state index in [1.165, 1.54) is 0 Å². The zero-order chi connectivity index (χ0) is 13.9. The molecule has 0 radical (unpaired) electrons. The molecule has 3 N–H and O–H groups in total. The molecule has 2 aliphatic heterocycles. The van der Waals surface area contributed by atoms with Crippen molar-refractivity contribution >= 4 is 11.9 Å². The molecule has 8 nitrogen and oxygen atoms in total. The largest absolute Gasteiger partial charge is 0.444 e. The molecule has 0 bridgehead atoms. The fourth-order valence-corrected chi connectivity index (χ4v) is 1.93. The summed E-state index contributed by atoms with van der Waals surface area (Å²) in [5.74, 6) is 0.853. The van der Waals surface area contributed by atoms with Crippen LogP contribution in [0.25, 0.3) is 0 Å². The topological polar surface area (TPSA) is 81.2 Å². The highest BCUT2D eigenvalue weighted by Crippen LogP contribution is 2.11. The minimum Gasteiger partial charge on any atom is -0.444 e. The number of ether oxygens (including phenoxy) is 1. The molecule has 2 aliphatic rings. The van der Waals surface area contributed by atoms with Crippen molar-refractivity contribution in [3.8, 4) is 0 Å². The summed E-state index contributed by atoms with van der Waals surface area (Å²) in [6, 6.07) is 0. The van der Waals surface area contributed by atoms with Crippen LogP contribution in [-0.4, -0.2) is 60.1 Å². The number of nitrogens with zero attached hydrogens (tertiary/aromatic N) is 3. The number of hydrogen-bond donors (Lipinski definition) is 3. The maximum Gasteiger partial charge on any atom is 0.410 e. The SMILES string of the molecule is CC(C)(C)OC(=O)N1CCN(CC2=NNNN2)CC1. The summed E-state index contributed by atoms with van der Waals surface area (Å²) in [5, 5.41) is 4.03. The molecule has 2 heterocycles. The predicted octanol–water partition coefficient (Wildman–Crippen LogP) is -0.535. The molecule has 108 valence electrons. The normalized spacial score (nSPS) is 20.6. The van der Waals surface area contributed by atoms with Gasteiger partial charge in [0.1, 0.15) is 5.60 Å². The van der Waals surface area contributed by atoms with Crippen LogP contribution < -0.4 is 16.5 Å². The number of amidine groups is 1. The van der Waals surface area contributed by atoms with Crippen molar-refractivity contribution in [2.75, 3.05) is 32.7 Å². The number of piperazine rings is 1. The number of nitrogens with one attached hydrogen (secondary N) is 3. The highest BCUT2D eigenvalue weighted by atomic mass is 16.6. The van der Waals surface area contributed by atoms with Gasteiger partial charge in [0.15, 0.2) is 5.84 Å². The Balaban J connectivity index is 1.74. The van der Waals surface area contributed by atoms with Crippen LogP contribution in [0.3, 0.4) is 0 Å². The van der Waals surface area contributed by atoms with Gasteiger partial charge in [0.05, 0.1) is 6.54 Å². The highest BCUT2D eigenvalue weighted by Gasteiger charge is 2.26. The molecule has 1 saturated heterocycles. The summed E-state index contributed by atoms with van der Waals surface area (Å²) in [4.78, 5) is 15.9. The second-order valence-corrected chi connectivity index (χ2v) is 5.66. The van der Waals surface area contributed by atoms with E-state index >= 15 is 0 Å². The molecule has 19 heavy (non-hydrogen) atoms.